The highest BCUT2D eigenvalue weighted by atomic mass is 16.2. The topological polar surface area (TPSA) is 57.7 Å². The number of hydrogen-bond acceptors (Lipinski definition) is 3. The lowest BCUT2D eigenvalue weighted by atomic mass is 9.74. The maximum absolute atomic E-state index is 12.7. The fraction of sp³-hybridized carbons (Fsp3) is 0.421. The van der Waals surface area contributed by atoms with Crippen LogP contribution in [0.4, 0.5) is 4.79 Å². The number of allylic oxidation sites excluding steroid dienone is 2. The second kappa shape index (κ2) is 6.23. The number of amides is 4. The van der Waals surface area contributed by atoms with Crippen LogP contribution in [0.15, 0.2) is 30.3 Å². The number of carbonyl (C=O) groups excluding carboxylic acids is 3. The zero-order chi connectivity index (χ0) is 17.4. The van der Waals surface area contributed by atoms with Crippen molar-refractivity contribution in [2.45, 2.75) is 26.2 Å². The van der Waals surface area contributed by atoms with Gasteiger partial charge >= 0.3 is 6.03 Å². The van der Waals surface area contributed by atoms with Crippen LogP contribution >= 0.6 is 0 Å². The molecule has 3 rings (SSSR count). The number of nitrogens with zero attached hydrogens (tertiary/aromatic N) is 2. The first-order chi connectivity index (χ1) is 11.4. The van der Waals surface area contributed by atoms with E-state index in [9.17, 15) is 14.4 Å². The standard InChI is InChI=1S/C19H22N2O3/c1-12-8-10-13(11-9-12)14-6-4-5-7-15(14)16-17(22)20(2)19(24)21(3)18(16)23/h6,8-11,15-16H,4-5,7H2,1-3H3. The van der Waals surface area contributed by atoms with Crippen molar-refractivity contribution in [3.05, 3.63) is 41.5 Å². The van der Waals surface area contributed by atoms with E-state index in [4.69, 9.17) is 0 Å². The minimum atomic E-state index is -0.814. The molecule has 4 amide bonds. The van der Waals surface area contributed by atoms with E-state index in [0.29, 0.717) is 0 Å². The molecule has 24 heavy (non-hydrogen) atoms. The minimum absolute atomic E-state index is 0.181. The number of aryl methyl sites for hydroxylation is 1. The Bertz CT molecular complexity index is 697. The van der Waals surface area contributed by atoms with Crippen LogP contribution in [-0.4, -0.2) is 41.7 Å². The van der Waals surface area contributed by atoms with Crippen LogP contribution in [0, 0.1) is 18.8 Å². The SMILES string of the molecule is Cc1ccc(C2=CCCCC2C2C(=O)N(C)C(=O)N(C)C2=O)cc1. The first-order valence-electron chi connectivity index (χ1n) is 8.28. The van der Waals surface area contributed by atoms with Crippen molar-refractivity contribution in [1.29, 1.82) is 0 Å². The van der Waals surface area contributed by atoms with Crippen LogP contribution in [0.5, 0.6) is 0 Å². The summed E-state index contributed by atoms with van der Waals surface area (Å²) in [7, 11) is 2.89. The monoisotopic (exact) mass is 326 g/mol. The number of imide groups is 2. The Morgan fingerprint density at radius 2 is 1.54 bits per heavy atom. The molecule has 5 nitrogen and oxygen atoms in total. The molecule has 1 aliphatic carbocycles. The minimum Gasteiger partial charge on any atom is -0.273 e. The van der Waals surface area contributed by atoms with E-state index in [1.54, 1.807) is 0 Å². The van der Waals surface area contributed by atoms with Crippen molar-refractivity contribution >= 4 is 23.4 Å². The summed E-state index contributed by atoms with van der Waals surface area (Å²) in [6.07, 6.45) is 4.80. The molecule has 0 saturated carbocycles. The number of barbiturate groups is 1. The summed E-state index contributed by atoms with van der Waals surface area (Å²) in [6.45, 7) is 2.03. The third kappa shape index (κ3) is 2.64. The van der Waals surface area contributed by atoms with Crippen LogP contribution in [0.3, 0.4) is 0 Å². The van der Waals surface area contributed by atoms with Gasteiger partial charge in [-0.2, -0.15) is 0 Å². The lowest BCUT2D eigenvalue weighted by Crippen LogP contribution is -2.58. The molecule has 1 atom stereocenters. The van der Waals surface area contributed by atoms with Gasteiger partial charge in [-0.1, -0.05) is 35.9 Å². The van der Waals surface area contributed by atoms with E-state index < -0.39 is 23.8 Å². The molecule has 0 N–H and O–H groups in total. The largest absolute Gasteiger partial charge is 0.332 e. The number of urea groups is 1. The van der Waals surface area contributed by atoms with E-state index in [1.165, 1.54) is 19.7 Å². The van der Waals surface area contributed by atoms with Crippen LogP contribution in [0.2, 0.25) is 0 Å². The number of rotatable bonds is 2. The molecule has 1 aromatic carbocycles. The van der Waals surface area contributed by atoms with Gasteiger partial charge in [-0.3, -0.25) is 19.4 Å². The fourth-order valence-electron chi connectivity index (χ4n) is 3.61. The molecule has 2 aliphatic rings. The molecule has 0 aromatic heterocycles. The quantitative estimate of drug-likeness (QED) is 0.785. The van der Waals surface area contributed by atoms with Crippen LogP contribution in [0.25, 0.3) is 5.57 Å². The molecule has 1 unspecified atom stereocenters. The predicted octanol–water partition coefficient (Wildman–Crippen LogP) is 2.85. The molecule has 1 heterocycles. The van der Waals surface area contributed by atoms with Crippen molar-refractivity contribution in [2.24, 2.45) is 11.8 Å². The molecule has 126 valence electrons. The molecule has 1 aliphatic heterocycles. The highest BCUT2D eigenvalue weighted by molar-refractivity contribution is 6.16. The molecule has 1 fully saturated rings. The van der Waals surface area contributed by atoms with Gasteiger partial charge in [0, 0.05) is 20.0 Å². The maximum Gasteiger partial charge on any atom is 0.332 e. The number of hydrogen-bond donors (Lipinski definition) is 0. The highest BCUT2D eigenvalue weighted by Gasteiger charge is 2.47. The van der Waals surface area contributed by atoms with Crippen molar-refractivity contribution in [2.75, 3.05) is 14.1 Å². The van der Waals surface area contributed by atoms with Gasteiger partial charge in [0.25, 0.3) is 0 Å². The third-order valence-electron chi connectivity index (χ3n) is 5.04. The molecule has 0 bridgehead atoms. The zero-order valence-electron chi connectivity index (χ0n) is 14.3. The van der Waals surface area contributed by atoms with Gasteiger partial charge in [-0.25, -0.2) is 4.79 Å². The molecular formula is C19H22N2O3. The Hall–Kier alpha value is -2.43. The summed E-state index contributed by atoms with van der Waals surface area (Å²) in [6, 6.07) is 7.59. The first-order valence-corrected chi connectivity index (χ1v) is 8.28. The van der Waals surface area contributed by atoms with Gasteiger partial charge in [0.05, 0.1) is 0 Å². The average molecular weight is 326 g/mol. The molecular weight excluding hydrogens is 304 g/mol. The van der Waals surface area contributed by atoms with Gasteiger partial charge in [-0.05, 0) is 37.3 Å². The normalized spacial score (nSPS) is 22.9. The Morgan fingerprint density at radius 3 is 2.12 bits per heavy atom. The molecule has 5 heteroatoms. The van der Waals surface area contributed by atoms with E-state index in [0.717, 1.165) is 40.2 Å². The van der Waals surface area contributed by atoms with E-state index >= 15 is 0 Å². The molecule has 1 saturated heterocycles. The second-order valence-corrected chi connectivity index (χ2v) is 6.62. The molecule has 1 aromatic rings. The van der Waals surface area contributed by atoms with Gasteiger partial charge in [-0.15, -0.1) is 0 Å². The predicted molar refractivity (Wildman–Crippen MR) is 90.9 cm³/mol. The van der Waals surface area contributed by atoms with E-state index in [1.807, 2.05) is 31.2 Å². The molecule has 0 radical (unpaired) electrons. The summed E-state index contributed by atoms with van der Waals surface area (Å²) in [4.78, 5) is 39.4. The average Bonchev–Trinajstić information content (AvgIpc) is 2.60. The van der Waals surface area contributed by atoms with Gasteiger partial charge in [0.15, 0.2) is 0 Å². The maximum atomic E-state index is 12.7. The summed E-state index contributed by atoms with van der Waals surface area (Å²) >= 11 is 0. The number of carbonyl (C=O) groups is 3. The summed E-state index contributed by atoms with van der Waals surface area (Å²) in [5.74, 6) is -1.79. The van der Waals surface area contributed by atoms with Gasteiger partial charge in [0.2, 0.25) is 11.8 Å². The third-order valence-corrected chi connectivity index (χ3v) is 5.04. The smallest absolute Gasteiger partial charge is 0.273 e. The Balaban J connectivity index is 1.99. The summed E-state index contributed by atoms with van der Waals surface area (Å²) in [5.41, 5.74) is 3.26. The zero-order valence-corrected chi connectivity index (χ0v) is 14.3. The Kier molecular flexibility index (Phi) is 4.26. The Morgan fingerprint density at radius 1 is 0.958 bits per heavy atom. The molecule has 0 spiro atoms. The van der Waals surface area contributed by atoms with Gasteiger partial charge in [0.1, 0.15) is 5.92 Å². The lowest BCUT2D eigenvalue weighted by Gasteiger charge is -2.38. The summed E-state index contributed by atoms with van der Waals surface area (Å²) < 4.78 is 0. The van der Waals surface area contributed by atoms with E-state index in [-0.39, 0.29) is 5.92 Å². The van der Waals surface area contributed by atoms with Crippen molar-refractivity contribution < 1.29 is 14.4 Å². The first kappa shape index (κ1) is 16.4. The highest BCUT2D eigenvalue weighted by Crippen LogP contribution is 2.40. The second-order valence-electron chi connectivity index (χ2n) is 6.62. The number of benzene rings is 1. The van der Waals surface area contributed by atoms with Crippen LogP contribution in [0.1, 0.15) is 30.4 Å². The Labute approximate surface area is 141 Å². The van der Waals surface area contributed by atoms with Crippen LogP contribution in [-0.2, 0) is 9.59 Å². The van der Waals surface area contributed by atoms with Crippen LogP contribution < -0.4 is 0 Å². The van der Waals surface area contributed by atoms with Crippen molar-refractivity contribution in [1.82, 2.24) is 9.80 Å². The van der Waals surface area contributed by atoms with Crippen molar-refractivity contribution in [3.63, 3.8) is 0 Å². The van der Waals surface area contributed by atoms with Crippen molar-refractivity contribution in [3.8, 4) is 0 Å². The lowest BCUT2D eigenvalue weighted by molar-refractivity contribution is -0.149. The fourth-order valence-corrected chi connectivity index (χ4v) is 3.61. The van der Waals surface area contributed by atoms with Gasteiger partial charge < -0.3 is 0 Å². The summed E-state index contributed by atoms with van der Waals surface area (Å²) in [5, 5.41) is 0. The van der Waals surface area contributed by atoms with E-state index in [2.05, 4.69) is 6.08 Å².